The Labute approximate surface area is 153 Å². The third-order valence-electron chi connectivity index (χ3n) is 4.56. The van der Waals surface area contributed by atoms with Crippen LogP contribution in [0.25, 0.3) is 0 Å². The monoisotopic (exact) mass is 352 g/mol. The molecule has 3 rings (SSSR count). The topological polar surface area (TPSA) is 65.5 Å². The van der Waals surface area contributed by atoms with E-state index in [-0.39, 0.29) is 11.8 Å². The summed E-state index contributed by atoms with van der Waals surface area (Å²) in [5.74, 6) is -0.236. The van der Waals surface area contributed by atoms with E-state index in [1.165, 1.54) is 31.6 Å². The number of amides is 2. The van der Waals surface area contributed by atoms with Gasteiger partial charge in [0.25, 0.3) is 5.91 Å². The SMILES string of the molecule is CC(=O)N(CCNC(=O)c1cccnc1)c1ccc(N2CCCC2)cc1. The zero-order valence-corrected chi connectivity index (χ0v) is 15.0. The number of nitrogens with one attached hydrogen (secondary N) is 1. The number of nitrogens with zero attached hydrogens (tertiary/aromatic N) is 3. The van der Waals surface area contributed by atoms with Gasteiger partial charge in [-0.05, 0) is 49.2 Å². The van der Waals surface area contributed by atoms with Crippen molar-refractivity contribution in [2.45, 2.75) is 19.8 Å². The Morgan fingerprint density at radius 3 is 2.50 bits per heavy atom. The molecule has 1 aromatic carbocycles. The Morgan fingerprint density at radius 2 is 1.88 bits per heavy atom. The van der Waals surface area contributed by atoms with Gasteiger partial charge in [-0.2, -0.15) is 0 Å². The number of pyridine rings is 1. The van der Waals surface area contributed by atoms with E-state index in [2.05, 4.69) is 27.3 Å². The third kappa shape index (κ3) is 4.39. The van der Waals surface area contributed by atoms with Crippen molar-refractivity contribution in [1.29, 1.82) is 0 Å². The van der Waals surface area contributed by atoms with Gasteiger partial charge in [0.15, 0.2) is 0 Å². The van der Waals surface area contributed by atoms with Crippen LogP contribution in [0.4, 0.5) is 11.4 Å². The molecule has 0 unspecified atom stereocenters. The van der Waals surface area contributed by atoms with Crippen molar-refractivity contribution >= 4 is 23.2 Å². The molecule has 1 aliphatic heterocycles. The van der Waals surface area contributed by atoms with Gasteiger partial charge in [0, 0.05) is 56.9 Å². The van der Waals surface area contributed by atoms with E-state index in [1.807, 2.05) is 12.1 Å². The molecule has 0 spiro atoms. The number of hydrogen-bond donors (Lipinski definition) is 1. The number of carbonyl (C=O) groups is 2. The van der Waals surface area contributed by atoms with Crippen LogP contribution in [0.2, 0.25) is 0 Å². The third-order valence-corrected chi connectivity index (χ3v) is 4.56. The molecule has 0 radical (unpaired) electrons. The quantitative estimate of drug-likeness (QED) is 0.867. The van der Waals surface area contributed by atoms with Crippen LogP contribution in [-0.2, 0) is 4.79 Å². The van der Waals surface area contributed by atoms with Crippen LogP contribution < -0.4 is 15.1 Å². The average molecular weight is 352 g/mol. The molecular weight excluding hydrogens is 328 g/mol. The highest BCUT2D eigenvalue weighted by Gasteiger charge is 2.15. The average Bonchev–Trinajstić information content (AvgIpc) is 3.20. The molecule has 2 heterocycles. The molecular formula is C20H24N4O2. The molecule has 0 bridgehead atoms. The Morgan fingerprint density at radius 1 is 1.15 bits per heavy atom. The minimum absolute atomic E-state index is 0.0467. The standard InChI is InChI=1S/C20H24N4O2/c1-16(25)24(14-11-22-20(26)17-5-4-10-21-15-17)19-8-6-18(7-9-19)23-12-2-3-13-23/h4-10,15H,2-3,11-14H2,1H3,(H,22,26). The maximum absolute atomic E-state index is 12.1. The van der Waals surface area contributed by atoms with E-state index in [0.29, 0.717) is 18.7 Å². The highest BCUT2D eigenvalue weighted by atomic mass is 16.2. The Kier molecular flexibility index (Phi) is 5.84. The number of aromatic nitrogens is 1. The highest BCUT2D eigenvalue weighted by molar-refractivity contribution is 5.94. The minimum Gasteiger partial charge on any atom is -0.372 e. The van der Waals surface area contributed by atoms with Gasteiger partial charge in [0.05, 0.1) is 5.56 Å². The predicted octanol–water partition coefficient (Wildman–Crippen LogP) is 2.46. The minimum atomic E-state index is -0.189. The van der Waals surface area contributed by atoms with Gasteiger partial charge < -0.3 is 15.1 Å². The molecule has 0 saturated carbocycles. The van der Waals surface area contributed by atoms with Crippen LogP contribution in [0.5, 0.6) is 0 Å². The van der Waals surface area contributed by atoms with Gasteiger partial charge in [-0.1, -0.05) is 0 Å². The number of carbonyl (C=O) groups excluding carboxylic acids is 2. The lowest BCUT2D eigenvalue weighted by molar-refractivity contribution is -0.116. The number of benzene rings is 1. The first-order valence-corrected chi connectivity index (χ1v) is 8.96. The lowest BCUT2D eigenvalue weighted by atomic mass is 10.2. The summed E-state index contributed by atoms with van der Waals surface area (Å²) in [4.78, 5) is 32.1. The molecule has 1 saturated heterocycles. The summed E-state index contributed by atoms with van der Waals surface area (Å²) in [7, 11) is 0. The zero-order valence-electron chi connectivity index (χ0n) is 15.0. The molecule has 136 valence electrons. The Bertz CT molecular complexity index is 740. The number of rotatable bonds is 6. The van der Waals surface area contributed by atoms with Gasteiger partial charge >= 0.3 is 0 Å². The number of anilines is 2. The van der Waals surface area contributed by atoms with Crippen molar-refractivity contribution in [3.05, 3.63) is 54.4 Å². The first-order valence-electron chi connectivity index (χ1n) is 8.96. The molecule has 1 aliphatic rings. The van der Waals surface area contributed by atoms with E-state index in [1.54, 1.807) is 23.2 Å². The fourth-order valence-electron chi connectivity index (χ4n) is 3.17. The van der Waals surface area contributed by atoms with Gasteiger partial charge in [-0.25, -0.2) is 0 Å². The highest BCUT2D eigenvalue weighted by Crippen LogP contribution is 2.23. The summed E-state index contributed by atoms with van der Waals surface area (Å²) in [6.07, 6.45) is 5.62. The van der Waals surface area contributed by atoms with Gasteiger partial charge in [0.1, 0.15) is 0 Å². The second-order valence-electron chi connectivity index (χ2n) is 6.38. The molecule has 26 heavy (non-hydrogen) atoms. The molecule has 0 aliphatic carbocycles. The van der Waals surface area contributed by atoms with Gasteiger partial charge in [-0.15, -0.1) is 0 Å². The van der Waals surface area contributed by atoms with Crippen molar-refractivity contribution in [2.75, 3.05) is 36.0 Å². The van der Waals surface area contributed by atoms with E-state index in [4.69, 9.17) is 0 Å². The zero-order chi connectivity index (χ0) is 18.4. The maximum atomic E-state index is 12.1. The molecule has 1 aromatic heterocycles. The molecule has 6 nitrogen and oxygen atoms in total. The Balaban J connectivity index is 1.58. The summed E-state index contributed by atoms with van der Waals surface area (Å²) in [6, 6.07) is 11.5. The fraction of sp³-hybridized carbons (Fsp3) is 0.350. The van der Waals surface area contributed by atoms with Crippen molar-refractivity contribution in [2.24, 2.45) is 0 Å². The van der Waals surface area contributed by atoms with Crippen LogP contribution in [0.1, 0.15) is 30.1 Å². The molecule has 2 aromatic rings. The summed E-state index contributed by atoms with van der Waals surface area (Å²) in [5, 5.41) is 2.83. The smallest absolute Gasteiger partial charge is 0.252 e. The summed E-state index contributed by atoms with van der Waals surface area (Å²) in [5.41, 5.74) is 2.55. The van der Waals surface area contributed by atoms with E-state index < -0.39 is 0 Å². The van der Waals surface area contributed by atoms with Crippen molar-refractivity contribution in [1.82, 2.24) is 10.3 Å². The molecule has 2 amide bonds. The van der Waals surface area contributed by atoms with Gasteiger partial charge in [0.2, 0.25) is 5.91 Å². The normalized spacial score (nSPS) is 13.5. The first-order chi connectivity index (χ1) is 12.6. The fourth-order valence-corrected chi connectivity index (χ4v) is 3.17. The predicted molar refractivity (Wildman–Crippen MR) is 102 cm³/mol. The Hall–Kier alpha value is -2.89. The summed E-state index contributed by atoms with van der Waals surface area (Å²) >= 11 is 0. The van der Waals surface area contributed by atoms with Gasteiger partial charge in [-0.3, -0.25) is 14.6 Å². The van der Waals surface area contributed by atoms with E-state index in [9.17, 15) is 9.59 Å². The van der Waals surface area contributed by atoms with Crippen LogP contribution in [-0.4, -0.2) is 43.0 Å². The second-order valence-corrected chi connectivity index (χ2v) is 6.38. The van der Waals surface area contributed by atoms with Crippen LogP contribution in [0.15, 0.2) is 48.8 Å². The summed E-state index contributed by atoms with van der Waals surface area (Å²) in [6.45, 7) is 4.52. The first kappa shape index (κ1) is 17.9. The lowest BCUT2D eigenvalue weighted by Gasteiger charge is -2.23. The van der Waals surface area contributed by atoms with Crippen molar-refractivity contribution < 1.29 is 9.59 Å². The molecule has 1 fully saturated rings. The molecule has 6 heteroatoms. The maximum Gasteiger partial charge on any atom is 0.252 e. The molecule has 1 N–H and O–H groups in total. The van der Waals surface area contributed by atoms with Crippen LogP contribution >= 0.6 is 0 Å². The second kappa shape index (κ2) is 8.47. The van der Waals surface area contributed by atoms with E-state index >= 15 is 0 Å². The number of hydrogen-bond acceptors (Lipinski definition) is 4. The summed E-state index contributed by atoms with van der Waals surface area (Å²) < 4.78 is 0. The van der Waals surface area contributed by atoms with Crippen molar-refractivity contribution in [3.63, 3.8) is 0 Å². The molecule has 0 atom stereocenters. The largest absolute Gasteiger partial charge is 0.372 e. The van der Waals surface area contributed by atoms with Crippen molar-refractivity contribution in [3.8, 4) is 0 Å². The van der Waals surface area contributed by atoms with Crippen LogP contribution in [0, 0.1) is 0 Å². The van der Waals surface area contributed by atoms with Crippen LogP contribution in [0.3, 0.4) is 0 Å². The van der Waals surface area contributed by atoms with E-state index in [0.717, 1.165) is 18.8 Å². The lowest BCUT2D eigenvalue weighted by Crippen LogP contribution is -2.37.